The van der Waals surface area contributed by atoms with E-state index in [-0.39, 0.29) is 18.3 Å². The normalized spacial score (nSPS) is 13.2. The Bertz CT molecular complexity index is 1090. The van der Waals surface area contributed by atoms with Crippen LogP contribution in [0.25, 0.3) is 10.9 Å². The first-order valence-corrected chi connectivity index (χ1v) is 8.98. The van der Waals surface area contributed by atoms with Crippen LogP contribution in [0.15, 0.2) is 50.8 Å². The highest BCUT2D eigenvalue weighted by Gasteiger charge is 2.15. The Morgan fingerprint density at radius 2 is 2.00 bits per heavy atom. The van der Waals surface area contributed by atoms with E-state index in [4.69, 9.17) is 9.47 Å². The largest absolute Gasteiger partial charge is 0.454 e. The molecular weight excluding hydrogens is 398 g/mol. The van der Waals surface area contributed by atoms with Crippen LogP contribution >= 0.6 is 15.9 Å². The summed E-state index contributed by atoms with van der Waals surface area (Å²) in [4.78, 5) is 17.6. The molecule has 0 N–H and O–H groups in total. The Morgan fingerprint density at radius 1 is 1.19 bits per heavy atom. The van der Waals surface area contributed by atoms with Crippen LogP contribution in [-0.2, 0) is 0 Å². The molecule has 2 heterocycles. The van der Waals surface area contributed by atoms with Gasteiger partial charge in [0.25, 0.3) is 5.56 Å². The lowest BCUT2D eigenvalue weighted by Gasteiger charge is -2.11. The van der Waals surface area contributed by atoms with Crippen molar-refractivity contribution in [2.75, 3.05) is 6.79 Å². The molecule has 0 saturated heterocycles. The summed E-state index contributed by atoms with van der Waals surface area (Å²) in [5, 5.41) is 4.93. The molecule has 0 spiro atoms. The predicted octanol–water partition coefficient (Wildman–Crippen LogP) is 3.89. The molecule has 0 aliphatic carbocycles. The molecular formula is C19H16BrN3O3. The maximum atomic E-state index is 13.0. The summed E-state index contributed by atoms with van der Waals surface area (Å²) in [6, 6.07) is 11.0. The Kier molecular flexibility index (Phi) is 4.24. The van der Waals surface area contributed by atoms with Crippen LogP contribution in [0.3, 0.4) is 0 Å². The number of rotatable bonds is 3. The average Bonchev–Trinajstić information content (AvgIpc) is 3.09. The van der Waals surface area contributed by atoms with Crippen molar-refractivity contribution in [2.24, 2.45) is 5.10 Å². The molecule has 132 valence electrons. The molecule has 0 saturated carbocycles. The molecule has 0 fully saturated rings. The molecule has 0 amide bonds. The van der Waals surface area contributed by atoms with Crippen LogP contribution in [-0.4, -0.2) is 22.7 Å². The van der Waals surface area contributed by atoms with Gasteiger partial charge < -0.3 is 9.47 Å². The highest BCUT2D eigenvalue weighted by atomic mass is 79.9. The maximum absolute atomic E-state index is 13.0. The summed E-state index contributed by atoms with van der Waals surface area (Å²) in [7, 11) is 0. The van der Waals surface area contributed by atoms with Crippen LogP contribution in [0, 0.1) is 0 Å². The molecule has 3 aromatic rings. The van der Waals surface area contributed by atoms with Crippen LogP contribution in [0.5, 0.6) is 11.5 Å². The fraction of sp³-hybridized carbons (Fsp3) is 0.211. The summed E-state index contributed by atoms with van der Waals surface area (Å²) < 4.78 is 12.9. The Labute approximate surface area is 158 Å². The summed E-state index contributed by atoms with van der Waals surface area (Å²) in [6.07, 6.45) is 1.63. The summed E-state index contributed by atoms with van der Waals surface area (Å²) >= 11 is 3.40. The van der Waals surface area contributed by atoms with Crippen LogP contribution < -0.4 is 15.0 Å². The van der Waals surface area contributed by atoms with Crippen LogP contribution in [0.4, 0.5) is 0 Å². The van der Waals surface area contributed by atoms with Gasteiger partial charge in [-0.05, 0) is 42.0 Å². The molecule has 0 atom stereocenters. The number of aromatic nitrogens is 2. The van der Waals surface area contributed by atoms with Crippen molar-refractivity contribution in [3.63, 3.8) is 0 Å². The van der Waals surface area contributed by atoms with Crippen LogP contribution in [0.1, 0.15) is 31.2 Å². The molecule has 1 aliphatic heterocycles. The minimum Gasteiger partial charge on any atom is -0.454 e. The van der Waals surface area contributed by atoms with E-state index < -0.39 is 0 Å². The van der Waals surface area contributed by atoms with Gasteiger partial charge in [-0.2, -0.15) is 9.78 Å². The Balaban J connectivity index is 1.83. The fourth-order valence-corrected chi connectivity index (χ4v) is 3.13. The minimum absolute atomic E-state index is 0.0460. The highest BCUT2D eigenvalue weighted by Crippen LogP contribution is 2.32. The van der Waals surface area contributed by atoms with Crippen LogP contribution in [0.2, 0.25) is 0 Å². The third-order valence-corrected chi connectivity index (χ3v) is 4.56. The third kappa shape index (κ3) is 2.99. The number of hydrogen-bond donors (Lipinski definition) is 0. The van der Waals surface area contributed by atoms with E-state index in [9.17, 15) is 4.79 Å². The molecule has 0 unspecified atom stereocenters. The first kappa shape index (κ1) is 16.8. The van der Waals surface area contributed by atoms with Gasteiger partial charge in [0.2, 0.25) is 6.79 Å². The van der Waals surface area contributed by atoms with Crippen molar-refractivity contribution in [1.29, 1.82) is 0 Å². The zero-order valence-corrected chi connectivity index (χ0v) is 15.9. The molecule has 0 radical (unpaired) electrons. The second-order valence-corrected chi connectivity index (χ2v) is 7.18. The molecule has 0 bridgehead atoms. The fourth-order valence-electron chi connectivity index (χ4n) is 2.77. The lowest BCUT2D eigenvalue weighted by molar-refractivity contribution is 0.174. The van der Waals surface area contributed by atoms with Crippen molar-refractivity contribution >= 4 is 33.0 Å². The summed E-state index contributed by atoms with van der Waals surface area (Å²) in [6.45, 7) is 4.19. The SMILES string of the molecule is CC(C)c1nc2ccc(Br)cc2c(=O)n1N=Cc1ccc2c(c1)OCO2. The van der Waals surface area contributed by atoms with E-state index in [0.29, 0.717) is 28.2 Å². The van der Waals surface area contributed by atoms with Crippen molar-refractivity contribution in [3.05, 3.63) is 62.6 Å². The van der Waals surface area contributed by atoms with Crippen molar-refractivity contribution < 1.29 is 9.47 Å². The van der Waals surface area contributed by atoms with Gasteiger partial charge in [0.1, 0.15) is 5.82 Å². The van der Waals surface area contributed by atoms with Crippen molar-refractivity contribution in [3.8, 4) is 11.5 Å². The summed E-state index contributed by atoms with van der Waals surface area (Å²) in [5.41, 5.74) is 1.28. The Hall–Kier alpha value is -2.67. The minimum atomic E-state index is -0.197. The van der Waals surface area contributed by atoms with Gasteiger partial charge in [-0.3, -0.25) is 4.79 Å². The van der Waals surface area contributed by atoms with Gasteiger partial charge in [0.05, 0.1) is 17.1 Å². The molecule has 1 aromatic heterocycles. The number of halogens is 1. The third-order valence-electron chi connectivity index (χ3n) is 4.07. The Morgan fingerprint density at radius 3 is 2.81 bits per heavy atom. The number of fused-ring (bicyclic) bond motifs is 2. The van der Waals surface area contributed by atoms with Crippen molar-refractivity contribution in [2.45, 2.75) is 19.8 Å². The first-order chi connectivity index (χ1) is 12.5. The molecule has 6 nitrogen and oxygen atoms in total. The molecule has 1 aliphatic rings. The van der Waals surface area contributed by atoms with Gasteiger partial charge in [-0.15, -0.1) is 0 Å². The molecule has 2 aromatic carbocycles. The number of nitrogens with zero attached hydrogens (tertiary/aromatic N) is 3. The predicted molar refractivity (Wildman–Crippen MR) is 103 cm³/mol. The van der Waals surface area contributed by atoms with Gasteiger partial charge in [-0.25, -0.2) is 4.98 Å². The number of benzene rings is 2. The lowest BCUT2D eigenvalue weighted by Crippen LogP contribution is -2.23. The van der Waals surface area contributed by atoms with Gasteiger partial charge in [0.15, 0.2) is 11.5 Å². The van der Waals surface area contributed by atoms with E-state index >= 15 is 0 Å². The van der Waals surface area contributed by atoms with E-state index in [0.717, 1.165) is 10.0 Å². The quantitative estimate of drug-likeness (QED) is 0.610. The number of hydrogen-bond acceptors (Lipinski definition) is 5. The van der Waals surface area contributed by atoms with E-state index in [2.05, 4.69) is 26.0 Å². The number of ether oxygens (including phenoxy) is 2. The highest BCUT2D eigenvalue weighted by molar-refractivity contribution is 9.10. The monoisotopic (exact) mass is 413 g/mol. The van der Waals surface area contributed by atoms with Crippen molar-refractivity contribution in [1.82, 2.24) is 9.66 Å². The first-order valence-electron chi connectivity index (χ1n) is 8.19. The van der Waals surface area contributed by atoms with E-state index in [1.807, 2.05) is 44.2 Å². The zero-order chi connectivity index (χ0) is 18.3. The maximum Gasteiger partial charge on any atom is 0.282 e. The second kappa shape index (κ2) is 6.57. The zero-order valence-electron chi connectivity index (χ0n) is 14.3. The molecule has 26 heavy (non-hydrogen) atoms. The molecule has 4 rings (SSSR count). The summed E-state index contributed by atoms with van der Waals surface area (Å²) in [5.74, 6) is 2.04. The van der Waals surface area contributed by atoms with Gasteiger partial charge in [0, 0.05) is 10.4 Å². The molecule has 7 heteroatoms. The smallest absolute Gasteiger partial charge is 0.282 e. The second-order valence-electron chi connectivity index (χ2n) is 6.26. The van der Waals surface area contributed by atoms with Gasteiger partial charge >= 0.3 is 0 Å². The van der Waals surface area contributed by atoms with E-state index in [1.165, 1.54) is 4.68 Å². The lowest BCUT2D eigenvalue weighted by atomic mass is 10.2. The van der Waals surface area contributed by atoms with E-state index in [1.54, 1.807) is 12.3 Å². The standard InChI is InChI=1S/C19H16BrN3O3/c1-11(2)18-22-15-5-4-13(20)8-14(15)19(24)23(18)21-9-12-3-6-16-17(7-12)26-10-25-16/h3-9,11H,10H2,1-2H3. The topological polar surface area (TPSA) is 65.7 Å². The van der Waals surface area contributed by atoms with Gasteiger partial charge in [-0.1, -0.05) is 29.8 Å². The average molecular weight is 414 g/mol.